The van der Waals surface area contributed by atoms with Crippen molar-refractivity contribution >= 4 is 23.3 Å². The Labute approximate surface area is 194 Å². The van der Waals surface area contributed by atoms with Crippen molar-refractivity contribution in [3.05, 3.63) is 77.6 Å². The quantitative estimate of drug-likeness (QED) is 0.402. The van der Waals surface area contributed by atoms with E-state index in [9.17, 15) is 22.8 Å². The van der Waals surface area contributed by atoms with E-state index in [1.807, 2.05) is 0 Å². The molecule has 3 rings (SSSR count). The third-order valence-electron chi connectivity index (χ3n) is 4.73. The fraction of sp³-hybridized carbons (Fsp3) is 0.208. The number of aromatic nitrogens is 1. The van der Waals surface area contributed by atoms with Crippen LogP contribution in [0.1, 0.15) is 35.0 Å². The lowest BCUT2D eigenvalue weighted by Crippen LogP contribution is -2.20. The standard InChI is InChI=1S/C24H23F3N4O3/c1-3-4-15-5-6-17(13-20(15)24(25,26)27)31-23(33)30-16-7-9-18(10-8-16)34-19-11-12-29-21(14-19)22(32)28-2/h5-14H,3-4H2,1-2H3,(H,28,32)(H2,30,31,33). The van der Waals surface area contributed by atoms with E-state index in [0.29, 0.717) is 30.0 Å². The van der Waals surface area contributed by atoms with Gasteiger partial charge in [-0.3, -0.25) is 9.78 Å². The summed E-state index contributed by atoms with van der Waals surface area (Å²) in [6.07, 6.45) is -2.20. The average Bonchev–Trinajstić information content (AvgIpc) is 2.80. The van der Waals surface area contributed by atoms with Gasteiger partial charge in [0.2, 0.25) is 0 Å². The molecule has 0 saturated heterocycles. The molecule has 0 aliphatic heterocycles. The van der Waals surface area contributed by atoms with Crippen LogP contribution in [0.3, 0.4) is 0 Å². The summed E-state index contributed by atoms with van der Waals surface area (Å²) in [6, 6.07) is 12.5. The van der Waals surface area contributed by atoms with Crippen molar-refractivity contribution in [1.29, 1.82) is 0 Å². The number of pyridine rings is 1. The summed E-state index contributed by atoms with van der Waals surface area (Å²) < 4.78 is 45.7. The number of alkyl halides is 3. The number of ether oxygens (including phenoxy) is 1. The maximum Gasteiger partial charge on any atom is 0.416 e. The first-order valence-electron chi connectivity index (χ1n) is 10.4. The number of benzene rings is 2. The van der Waals surface area contributed by atoms with E-state index in [-0.39, 0.29) is 22.9 Å². The van der Waals surface area contributed by atoms with Gasteiger partial charge >= 0.3 is 12.2 Å². The van der Waals surface area contributed by atoms with Crippen molar-refractivity contribution in [2.45, 2.75) is 25.9 Å². The lowest BCUT2D eigenvalue weighted by molar-refractivity contribution is -0.138. The molecule has 0 fully saturated rings. The van der Waals surface area contributed by atoms with Gasteiger partial charge in [0, 0.05) is 30.7 Å². The van der Waals surface area contributed by atoms with Crippen LogP contribution >= 0.6 is 0 Å². The third-order valence-corrected chi connectivity index (χ3v) is 4.73. The number of anilines is 2. The van der Waals surface area contributed by atoms with Crippen LogP contribution in [0.5, 0.6) is 11.5 Å². The Morgan fingerprint density at radius 1 is 0.941 bits per heavy atom. The monoisotopic (exact) mass is 472 g/mol. The highest BCUT2D eigenvalue weighted by atomic mass is 19.4. The zero-order chi connectivity index (χ0) is 24.7. The third kappa shape index (κ3) is 6.47. The number of carbonyl (C=O) groups excluding carboxylic acids is 2. The van der Waals surface area contributed by atoms with Crippen molar-refractivity contribution in [1.82, 2.24) is 10.3 Å². The first-order valence-corrected chi connectivity index (χ1v) is 10.4. The second-order valence-electron chi connectivity index (χ2n) is 7.28. The molecule has 3 aromatic rings. The van der Waals surface area contributed by atoms with E-state index in [1.165, 1.54) is 31.4 Å². The zero-order valence-electron chi connectivity index (χ0n) is 18.5. The molecular weight excluding hydrogens is 449 g/mol. The van der Waals surface area contributed by atoms with Crippen molar-refractivity contribution in [2.24, 2.45) is 0 Å². The van der Waals surface area contributed by atoms with Gasteiger partial charge in [0.15, 0.2) is 0 Å². The highest BCUT2D eigenvalue weighted by Gasteiger charge is 2.33. The molecule has 0 aliphatic rings. The number of nitrogens with one attached hydrogen (secondary N) is 3. The van der Waals surface area contributed by atoms with Gasteiger partial charge in [0.1, 0.15) is 17.2 Å². The Kier molecular flexibility index (Phi) is 7.72. The minimum atomic E-state index is -4.51. The van der Waals surface area contributed by atoms with Crippen LogP contribution in [-0.2, 0) is 12.6 Å². The summed E-state index contributed by atoms with van der Waals surface area (Å²) in [6.45, 7) is 1.80. The van der Waals surface area contributed by atoms with Crippen LogP contribution in [0.25, 0.3) is 0 Å². The van der Waals surface area contributed by atoms with Crippen LogP contribution in [0, 0.1) is 0 Å². The first-order chi connectivity index (χ1) is 16.2. The molecule has 7 nitrogen and oxygen atoms in total. The summed E-state index contributed by atoms with van der Waals surface area (Å²) in [7, 11) is 1.50. The molecule has 10 heteroatoms. The Hall–Kier alpha value is -4.08. The van der Waals surface area contributed by atoms with E-state index < -0.39 is 17.8 Å². The number of nitrogens with zero attached hydrogens (tertiary/aromatic N) is 1. The molecule has 0 saturated carbocycles. The van der Waals surface area contributed by atoms with Gasteiger partial charge < -0.3 is 20.7 Å². The Morgan fingerprint density at radius 3 is 2.26 bits per heavy atom. The predicted octanol–water partition coefficient (Wildman–Crippen LogP) is 5.85. The van der Waals surface area contributed by atoms with Crippen LogP contribution in [-0.4, -0.2) is 24.0 Å². The van der Waals surface area contributed by atoms with E-state index >= 15 is 0 Å². The fourth-order valence-corrected chi connectivity index (χ4v) is 3.17. The molecule has 178 valence electrons. The van der Waals surface area contributed by atoms with Gasteiger partial charge in [-0.1, -0.05) is 19.4 Å². The van der Waals surface area contributed by atoms with Crippen LogP contribution in [0.2, 0.25) is 0 Å². The topological polar surface area (TPSA) is 92.3 Å². The zero-order valence-corrected chi connectivity index (χ0v) is 18.5. The second-order valence-corrected chi connectivity index (χ2v) is 7.28. The summed E-state index contributed by atoms with van der Waals surface area (Å²) in [5.74, 6) is 0.499. The molecule has 1 heterocycles. The molecule has 0 spiro atoms. The van der Waals surface area contributed by atoms with E-state index in [4.69, 9.17) is 4.74 Å². The van der Waals surface area contributed by atoms with E-state index in [0.717, 1.165) is 6.07 Å². The van der Waals surface area contributed by atoms with Crippen molar-refractivity contribution in [3.8, 4) is 11.5 Å². The highest BCUT2D eigenvalue weighted by Crippen LogP contribution is 2.34. The van der Waals surface area contributed by atoms with Crippen LogP contribution in [0.4, 0.5) is 29.3 Å². The minimum Gasteiger partial charge on any atom is -0.457 e. The maximum absolute atomic E-state index is 13.3. The molecule has 34 heavy (non-hydrogen) atoms. The Bertz CT molecular complexity index is 1160. The molecule has 0 radical (unpaired) electrons. The summed E-state index contributed by atoms with van der Waals surface area (Å²) in [5, 5.41) is 7.46. The number of amides is 3. The highest BCUT2D eigenvalue weighted by molar-refractivity contribution is 5.99. The number of halogens is 3. The summed E-state index contributed by atoms with van der Waals surface area (Å²) >= 11 is 0. The summed E-state index contributed by atoms with van der Waals surface area (Å²) in [5.41, 5.74) is 0.0717. The van der Waals surface area contributed by atoms with Gasteiger partial charge in [-0.25, -0.2) is 4.79 Å². The van der Waals surface area contributed by atoms with Gasteiger partial charge in [-0.05, 0) is 54.4 Å². The molecule has 1 aromatic heterocycles. The molecule has 0 atom stereocenters. The average molecular weight is 472 g/mol. The van der Waals surface area contributed by atoms with Crippen LogP contribution in [0.15, 0.2) is 60.8 Å². The molecule has 3 amide bonds. The number of rotatable bonds is 7. The van der Waals surface area contributed by atoms with E-state index in [2.05, 4.69) is 20.9 Å². The fourth-order valence-electron chi connectivity index (χ4n) is 3.17. The Balaban J connectivity index is 1.64. The van der Waals surface area contributed by atoms with Gasteiger partial charge in [-0.2, -0.15) is 13.2 Å². The molecule has 2 aromatic carbocycles. The van der Waals surface area contributed by atoms with Crippen molar-refractivity contribution in [2.75, 3.05) is 17.7 Å². The van der Waals surface area contributed by atoms with Crippen LogP contribution < -0.4 is 20.7 Å². The summed E-state index contributed by atoms with van der Waals surface area (Å²) in [4.78, 5) is 27.9. The van der Waals surface area contributed by atoms with Gasteiger partial charge in [-0.15, -0.1) is 0 Å². The smallest absolute Gasteiger partial charge is 0.416 e. The van der Waals surface area contributed by atoms with Gasteiger partial charge in [0.25, 0.3) is 5.91 Å². The van der Waals surface area contributed by atoms with E-state index in [1.54, 1.807) is 37.3 Å². The lowest BCUT2D eigenvalue weighted by atomic mass is 10.0. The van der Waals surface area contributed by atoms with Crippen molar-refractivity contribution < 1.29 is 27.5 Å². The number of hydrogen-bond acceptors (Lipinski definition) is 4. The minimum absolute atomic E-state index is 0.0363. The molecule has 0 bridgehead atoms. The molecule has 3 N–H and O–H groups in total. The largest absolute Gasteiger partial charge is 0.457 e. The van der Waals surface area contributed by atoms with Gasteiger partial charge in [0.05, 0.1) is 5.56 Å². The number of aryl methyl sites for hydroxylation is 1. The molecule has 0 unspecified atom stereocenters. The molecular formula is C24H23F3N4O3. The first kappa shape index (κ1) is 24.6. The number of carbonyl (C=O) groups is 2. The van der Waals surface area contributed by atoms with Crippen molar-refractivity contribution in [3.63, 3.8) is 0 Å². The second kappa shape index (κ2) is 10.7. The lowest BCUT2D eigenvalue weighted by Gasteiger charge is -2.15. The normalized spacial score (nSPS) is 11.0. The Morgan fingerprint density at radius 2 is 1.62 bits per heavy atom. The SMILES string of the molecule is CCCc1ccc(NC(=O)Nc2ccc(Oc3ccnc(C(=O)NC)c3)cc2)cc1C(F)(F)F. The maximum atomic E-state index is 13.3. The number of hydrogen-bond donors (Lipinski definition) is 3. The molecule has 0 aliphatic carbocycles. The predicted molar refractivity (Wildman–Crippen MR) is 122 cm³/mol. The number of urea groups is 1.